The van der Waals surface area contributed by atoms with E-state index in [1.54, 1.807) is 12.4 Å². The van der Waals surface area contributed by atoms with Crippen molar-refractivity contribution >= 4 is 11.9 Å². The van der Waals surface area contributed by atoms with Gasteiger partial charge in [-0.1, -0.05) is 236 Å². The molecule has 0 saturated heterocycles. The Hall–Kier alpha value is -3.87. The van der Waals surface area contributed by atoms with Gasteiger partial charge in [0.05, 0.1) is 22.8 Å². The van der Waals surface area contributed by atoms with Crippen molar-refractivity contribution in [3.8, 4) is 33.9 Å². The van der Waals surface area contributed by atoms with Crippen LogP contribution in [0.3, 0.4) is 0 Å². The Bertz CT molecular complexity index is 1620. The molecule has 0 aliphatic carbocycles. The number of aliphatic carboxylic acids is 2. The molecule has 0 aliphatic rings. The van der Waals surface area contributed by atoms with E-state index in [1.165, 1.54) is 173 Å². The second kappa shape index (κ2) is 42.5. The number of hydrogen-bond acceptors (Lipinski definition) is 5. The van der Waals surface area contributed by atoms with Gasteiger partial charge in [0, 0.05) is 42.3 Å². The zero-order valence-electron chi connectivity index (χ0n) is 41.6. The van der Waals surface area contributed by atoms with Crippen molar-refractivity contribution in [1.82, 2.24) is 15.0 Å². The van der Waals surface area contributed by atoms with E-state index in [0.717, 1.165) is 59.6 Å². The first-order valence-corrected chi connectivity index (χ1v) is 26.2. The van der Waals surface area contributed by atoms with E-state index in [0.29, 0.717) is 12.8 Å². The van der Waals surface area contributed by atoms with E-state index in [1.807, 2.05) is 36.4 Å². The summed E-state index contributed by atoms with van der Waals surface area (Å²) in [6, 6.07) is 24.4. The van der Waals surface area contributed by atoms with Crippen LogP contribution >= 0.6 is 0 Å². The van der Waals surface area contributed by atoms with Crippen molar-refractivity contribution in [3.05, 3.63) is 90.8 Å². The second-order valence-corrected chi connectivity index (χ2v) is 18.1. The number of hydrogen-bond donors (Lipinski definition) is 2. The average Bonchev–Trinajstić information content (AvgIpc) is 3.32. The predicted octanol–water partition coefficient (Wildman–Crippen LogP) is 17.8. The largest absolute Gasteiger partial charge is 0.481 e. The molecule has 0 spiro atoms. The zero-order valence-corrected chi connectivity index (χ0v) is 42.8. The average molecular weight is 947 g/mol. The molecule has 8 heteroatoms. The maximum atomic E-state index is 10.3. The first kappa shape index (κ1) is 60.1. The van der Waals surface area contributed by atoms with E-state index >= 15 is 0 Å². The summed E-state index contributed by atoms with van der Waals surface area (Å²) in [6.45, 7) is 6.63. The molecule has 1 radical (unpaired) electrons. The fourth-order valence-corrected chi connectivity index (χ4v) is 8.03. The summed E-state index contributed by atoms with van der Waals surface area (Å²) in [5.41, 5.74) is 6.91. The van der Waals surface area contributed by atoms with Crippen molar-refractivity contribution in [2.45, 2.75) is 226 Å². The van der Waals surface area contributed by atoms with Gasteiger partial charge < -0.3 is 10.2 Å². The van der Waals surface area contributed by atoms with Crippen molar-refractivity contribution in [2.24, 2.45) is 0 Å². The number of aryl methyl sites for hydroxylation is 1. The minimum atomic E-state index is -0.653. The predicted molar refractivity (Wildman–Crippen MR) is 275 cm³/mol. The number of carboxylic acids is 2. The van der Waals surface area contributed by atoms with Crippen LogP contribution in [0.2, 0.25) is 0 Å². The molecule has 1 aromatic carbocycles. The van der Waals surface area contributed by atoms with Crippen LogP contribution in [0, 0.1) is 6.92 Å². The summed E-state index contributed by atoms with van der Waals surface area (Å²) in [5, 5.41) is 17.0. The second-order valence-electron chi connectivity index (χ2n) is 18.1. The van der Waals surface area contributed by atoms with Gasteiger partial charge in [-0.3, -0.25) is 19.6 Å². The number of nitrogens with zero attached hydrogens (tertiary/aromatic N) is 3. The van der Waals surface area contributed by atoms with Gasteiger partial charge >= 0.3 is 11.9 Å². The topological polar surface area (TPSA) is 113 Å². The molecule has 367 valence electrons. The SMILES string of the molecule is CCCCCCCCCCCCCCCCCC(=O)O.CCCCCCCCCCCCCCCCCC(=O)O.Cc1ccc(-c2cc(-c3ccccn3)nc(-c3ccccn3)c2)cc1.[Mn]. The van der Waals surface area contributed by atoms with Crippen LogP contribution in [0.25, 0.3) is 33.9 Å². The minimum Gasteiger partial charge on any atom is -0.481 e. The summed E-state index contributed by atoms with van der Waals surface area (Å²) >= 11 is 0. The molecule has 3 aromatic heterocycles. The molecule has 0 bridgehead atoms. The number of carbonyl (C=O) groups is 2. The molecule has 0 saturated carbocycles. The molecule has 0 fully saturated rings. The Balaban J connectivity index is 0.000000498. The third-order valence-electron chi connectivity index (χ3n) is 12.1. The Kier molecular flexibility index (Phi) is 38.7. The summed E-state index contributed by atoms with van der Waals surface area (Å²) < 4.78 is 0. The standard InChI is InChI=1S/C22H17N3.2C18H36O2.Mn/c1-16-8-10-17(11-9-16)18-14-21(19-6-2-4-12-23-19)25-22(15-18)20-7-3-5-13-24-20;2*1-2-3-4-5-6-7-8-9-10-11-12-13-14-15-16-17-18(19)20;/h2-15H,1H3;2*2-17H2,1H3,(H,19,20);. The molecular formula is C58H89MnN3O4. The number of rotatable bonds is 35. The van der Waals surface area contributed by atoms with E-state index in [2.05, 4.69) is 67.1 Å². The molecule has 2 N–H and O–H groups in total. The molecule has 4 aromatic rings. The van der Waals surface area contributed by atoms with Gasteiger partial charge in [0.25, 0.3) is 0 Å². The molecule has 0 atom stereocenters. The summed E-state index contributed by atoms with van der Waals surface area (Å²) in [7, 11) is 0. The van der Waals surface area contributed by atoms with Crippen LogP contribution < -0.4 is 0 Å². The quantitative estimate of drug-likeness (QED) is 0.0349. The molecule has 66 heavy (non-hydrogen) atoms. The fourth-order valence-electron chi connectivity index (χ4n) is 8.03. The van der Waals surface area contributed by atoms with Gasteiger partial charge in [-0.05, 0) is 67.3 Å². The molecule has 0 amide bonds. The first-order chi connectivity index (χ1) is 31.8. The van der Waals surface area contributed by atoms with E-state index in [-0.39, 0.29) is 17.1 Å². The molecule has 0 aliphatic heterocycles. The van der Waals surface area contributed by atoms with Gasteiger partial charge in [-0.25, -0.2) is 4.98 Å². The van der Waals surface area contributed by atoms with Gasteiger partial charge in [-0.2, -0.15) is 0 Å². The number of benzene rings is 1. The Morgan fingerprint density at radius 1 is 0.394 bits per heavy atom. The van der Waals surface area contributed by atoms with Gasteiger partial charge in [-0.15, -0.1) is 0 Å². The normalized spacial score (nSPS) is 10.6. The van der Waals surface area contributed by atoms with Crippen LogP contribution in [0.5, 0.6) is 0 Å². The Morgan fingerprint density at radius 2 is 0.697 bits per heavy atom. The maximum Gasteiger partial charge on any atom is 0.303 e. The van der Waals surface area contributed by atoms with Gasteiger partial charge in [0.2, 0.25) is 0 Å². The maximum absolute atomic E-state index is 10.3. The minimum absolute atomic E-state index is 0. The molecular weight excluding hydrogens is 858 g/mol. The number of unbranched alkanes of at least 4 members (excludes halogenated alkanes) is 28. The Labute approximate surface area is 412 Å². The molecule has 3 heterocycles. The first-order valence-electron chi connectivity index (χ1n) is 26.2. The monoisotopic (exact) mass is 947 g/mol. The van der Waals surface area contributed by atoms with Crippen molar-refractivity contribution in [3.63, 3.8) is 0 Å². The third kappa shape index (κ3) is 32.7. The van der Waals surface area contributed by atoms with Crippen LogP contribution in [-0.2, 0) is 26.7 Å². The van der Waals surface area contributed by atoms with Gasteiger partial charge in [0.15, 0.2) is 0 Å². The fraction of sp³-hybridized carbons (Fsp3) is 0.603. The van der Waals surface area contributed by atoms with Crippen molar-refractivity contribution in [2.75, 3.05) is 0 Å². The summed E-state index contributed by atoms with van der Waals surface area (Å²) in [4.78, 5) is 34.4. The van der Waals surface area contributed by atoms with Crippen LogP contribution in [0.15, 0.2) is 85.2 Å². The Morgan fingerprint density at radius 3 is 0.970 bits per heavy atom. The zero-order chi connectivity index (χ0) is 46.8. The number of carboxylic acid groups (broad SMARTS) is 2. The van der Waals surface area contributed by atoms with E-state index < -0.39 is 11.9 Å². The van der Waals surface area contributed by atoms with E-state index in [4.69, 9.17) is 15.2 Å². The number of aromatic nitrogens is 3. The van der Waals surface area contributed by atoms with Crippen molar-refractivity contribution in [1.29, 1.82) is 0 Å². The molecule has 4 rings (SSSR count). The smallest absolute Gasteiger partial charge is 0.303 e. The van der Waals surface area contributed by atoms with Crippen LogP contribution in [-0.4, -0.2) is 37.1 Å². The van der Waals surface area contributed by atoms with Crippen molar-refractivity contribution < 1.29 is 36.9 Å². The van der Waals surface area contributed by atoms with E-state index in [9.17, 15) is 9.59 Å². The van der Waals surface area contributed by atoms with Crippen LogP contribution in [0.4, 0.5) is 0 Å². The molecule has 7 nitrogen and oxygen atoms in total. The molecule has 0 unspecified atom stereocenters. The third-order valence-corrected chi connectivity index (χ3v) is 12.1. The van der Waals surface area contributed by atoms with Crippen LogP contribution in [0.1, 0.15) is 225 Å². The van der Waals surface area contributed by atoms with Gasteiger partial charge in [0.1, 0.15) is 0 Å². The summed E-state index contributed by atoms with van der Waals surface area (Å²) in [5.74, 6) is -1.31. The summed E-state index contributed by atoms with van der Waals surface area (Å²) in [6.07, 6.45) is 44.0. The number of pyridine rings is 3.